The van der Waals surface area contributed by atoms with Crippen LogP contribution in [0, 0.1) is 18.3 Å². The molecule has 0 spiro atoms. The molecular weight excluding hydrogens is 300 g/mol. The van der Waals surface area contributed by atoms with Gasteiger partial charge >= 0.3 is 0 Å². The van der Waals surface area contributed by atoms with E-state index in [4.69, 9.17) is 5.73 Å². The maximum Gasteiger partial charge on any atom is 0.149 e. The van der Waals surface area contributed by atoms with E-state index < -0.39 is 0 Å². The molecule has 1 unspecified atom stereocenters. The molecule has 21 heavy (non-hydrogen) atoms. The Labute approximate surface area is 134 Å². The maximum absolute atomic E-state index is 6.11. The van der Waals surface area contributed by atoms with Crippen molar-refractivity contribution in [1.29, 1.82) is 0 Å². The molecule has 0 radical (unpaired) electrons. The second kappa shape index (κ2) is 5.25. The van der Waals surface area contributed by atoms with Gasteiger partial charge in [0.25, 0.3) is 0 Å². The van der Waals surface area contributed by atoms with Crippen LogP contribution in [0.2, 0.25) is 0 Å². The molecule has 3 heterocycles. The van der Waals surface area contributed by atoms with Gasteiger partial charge in [-0.05, 0) is 36.2 Å². The fourth-order valence-corrected chi connectivity index (χ4v) is 4.60. The number of nitrogens with zero attached hydrogens (tertiary/aromatic N) is 3. The van der Waals surface area contributed by atoms with Gasteiger partial charge in [0.15, 0.2) is 0 Å². The summed E-state index contributed by atoms with van der Waals surface area (Å²) < 4.78 is 4.38. The highest BCUT2D eigenvalue weighted by molar-refractivity contribution is 7.15. The van der Waals surface area contributed by atoms with Gasteiger partial charge in [-0.3, -0.25) is 0 Å². The summed E-state index contributed by atoms with van der Waals surface area (Å²) >= 11 is 3.16. The molecule has 0 saturated carbocycles. The maximum atomic E-state index is 6.11. The summed E-state index contributed by atoms with van der Waals surface area (Å²) in [6.45, 7) is 11.2. The Balaban J connectivity index is 1.91. The normalized spacial score (nSPS) is 19.4. The summed E-state index contributed by atoms with van der Waals surface area (Å²) in [5.41, 5.74) is 8.54. The minimum atomic E-state index is 0.350. The van der Waals surface area contributed by atoms with Crippen LogP contribution in [0.3, 0.4) is 0 Å². The predicted octanol–water partition coefficient (Wildman–Crippen LogP) is 4.03. The number of aryl methyl sites for hydroxylation is 1. The number of hydrogen-bond donors (Lipinski definition) is 1. The Morgan fingerprint density at radius 3 is 2.71 bits per heavy atom. The van der Waals surface area contributed by atoms with E-state index in [2.05, 4.69) is 40.4 Å². The van der Waals surface area contributed by atoms with E-state index in [0.717, 1.165) is 29.4 Å². The van der Waals surface area contributed by atoms with Crippen molar-refractivity contribution in [2.24, 2.45) is 11.3 Å². The van der Waals surface area contributed by atoms with E-state index >= 15 is 0 Å². The third-order valence-electron chi connectivity index (χ3n) is 4.23. The van der Waals surface area contributed by atoms with Gasteiger partial charge in [0.05, 0.1) is 5.56 Å². The minimum Gasteiger partial charge on any atom is -0.382 e. The Morgan fingerprint density at radius 1 is 1.38 bits per heavy atom. The first kappa shape index (κ1) is 14.8. The number of rotatable bonds is 2. The van der Waals surface area contributed by atoms with Gasteiger partial charge < -0.3 is 10.6 Å². The van der Waals surface area contributed by atoms with Gasteiger partial charge in [0, 0.05) is 24.2 Å². The van der Waals surface area contributed by atoms with Crippen LogP contribution in [0.4, 0.5) is 10.8 Å². The lowest BCUT2D eigenvalue weighted by molar-refractivity contribution is 0.263. The Bertz CT molecular complexity index is 638. The van der Waals surface area contributed by atoms with Gasteiger partial charge in [-0.25, -0.2) is 4.98 Å². The van der Waals surface area contributed by atoms with Crippen molar-refractivity contribution in [1.82, 2.24) is 9.36 Å². The predicted molar refractivity (Wildman–Crippen MR) is 92.1 cm³/mol. The first-order valence-electron chi connectivity index (χ1n) is 7.29. The molecule has 4 nitrogen and oxygen atoms in total. The first-order valence-corrected chi connectivity index (χ1v) is 8.94. The third-order valence-corrected chi connectivity index (χ3v) is 6.13. The fourth-order valence-electron chi connectivity index (χ4n) is 2.83. The van der Waals surface area contributed by atoms with Crippen LogP contribution in [0.5, 0.6) is 0 Å². The molecule has 0 aliphatic carbocycles. The number of hydrogen-bond acceptors (Lipinski definition) is 6. The zero-order chi connectivity index (χ0) is 15.2. The van der Waals surface area contributed by atoms with Crippen molar-refractivity contribution in [2.45, 2.75) is 34.1 Å². The SMILES string of the molecule is Cc1csc(-c2c(N)nsc2N2CCC(C(C)(C)C)C2)n1. The van der Waals surface area contributed by atoms with Crippen LogP contribution in [-0.4, -0.2) is 22.4 Å². The highest BCUT2D eigenvalue weighted by atomic mass is 32.1. The lowest BCUT2D eigenvalue weighted by Gasteiger charge is -2.27. The Morgan fingerprint density at radius 2 is 2.14 bits per heavy atom. The van der Waals surface area contributed by atoms with Crippen LogP contribution in [0.25, 0.3) is 10.6 Å². The molecule has 1 aliphatic heterocycles. The van der Waals surface area contributed by atoms with Crippen molar-refractivity contribution in [3.05, 3.63) is 11.1 Å². The summed E-state index contributed by atoms with van der Waals surface area (Å²) in [7, 11) is 0. The van der Waals surface area contributed by atoms with E-state index in [1.54, 1.807) is 11.3 Å². The molecule has 1 fully saturated rings. The van der Waals surface area contributed by atoms with Gasteiger partial charge in [-0.2, -0.15) is 4.37 Å². The van der Waals surface area contributed by atoms with E-state index in [0.29, 0.717) is 17.2 Å². The van der Waals surface area contributed by atoms with E-state index in [1.165, 1.54) is 23.0 Å². The molecule has 0 amide bonds. The van der Waals surface area contributed by atoms with E-state index in [9.17, 15) is 0 Å². The van der Waals surface area contributed by atoms with Crippen LogP contribution in [0.1, 0.15) is 32.9 Å². The number of aromatic nitrogens is 2. The summed E-state index contributed by atoms with van der Waals surface area (Å²) in [6.07, 6.45) is 1.23. The average Bonchev–Trinajstić information content (AvgIpc) is 3.06. The second-order valence-corrected chi connectivity index (χ2v) is 8.45. The van der Waals surface area contributed by atoms with Crippen LogP contribution >= 0.6 is 22.9 Å². The second-order valence-electron chi connectivity index (χ2n) is 6.84. The standard InChI is InChI=1S/C15H22N4S2/c1-9-8-20-13(17-9)11-12(16)18-21-14(11)19-6-5-10(7-19)15(2,3)4/h8,10H,5-7H2,1-4H3,(H2,16,18). The number of anilines is 2. The van der Waals surface area contributed by atoms with Gasteiger partial charge in [0.1, 0.15) is 15.8 Å². The van der Waals surface area contributed by atoms with Crippen LogP contribution in [0.15, 0.2) is 5.38 Å². The highest BCUT2D eigenvalue weighted by Crippen LogP contribution is 2.44. The fraction of sp³-hybridized carbons (Fsp3) is 0.600. The van der Waals surface area contributed by atoms with Gasteiger partial charge in [0.2, 0.25) is 0 Å². The molecule has 2 aromatic rings. The molecule has 3 rings (SSSR count). The molecule has 1 saturated heterocycles. The Hall–Kier alpha value is -1.14. The highest BCUT2D eigenvalue weighted by Gasteiger charge is 2.34. The van der Waals surface area contributed by atoms with E-state index in [1.807, 2.05) is 6.92 Å². The zero-order valence-electron chi connectivity index (χ0n) is 13.0. The van der Waals surface area contributed by atoms with Crippen molar-refractivity contribution < 1.29 is 0 Å². The number of nitrogens with two attached hydrogens (primary N) is 1. The van der Waals surface area contributed by atoms with Crippen LogP contribution in [-0.2, 0) is 0 Å². The quantitative estimate of drug-likeness (QED) is 0.907. The summed E-state index contributed by atoms with van der Waals surface area (Å²) in [5.74, 6) is 1.33. The molecule has 114 valence electrons. The smallest absolute Gasteiger partial charge is 0.149 e. The summed E-state index contributed by atoms with van der Waals surface area (Å²) in [5, 5.41) is 4.25. The first-order chi connectivity index (χ1) is 9.86. The largest absolute Gasteiger partial charge is 0.382 e. The number of nitrogen functional groups attached to an aromatic ring is 1. The summed E-state index contributed by atoms with van der Waals surface area (Å²) in [4.78, 5) is 7.03. The molecular formula is C15H22N4S2. The monoisotopic (exact) mass is 322 g/mol. The van der Waals surface area contributed by atoms with Crippen molar-refractivity contribution in [2.75, 3.05) is 23.7 Å². The number of thiazole rings is 1. The third kappa shape index (κ3) is 2.79. The average molecular weight is 323 g/mol. The lowest BCUT2D eigenvalue weighted by atomic mass is 9.80. The van der Waals surface area contributed by atoms with Crippen molar-refractivity contribution in [3.63, 3.8) is 0 Å². The van der Waals surface area contributed by atoms with Crippen molar-refractivity contribution in [3.8, 4) is 10.6 Å². The molecule has 1 atom stereocenters. The molecule has 6 heteroatoms. The van der Waals surface area contributed by atoms with Gasteiger partial charge in [-0.15, -0.1) is 11.3 Å². The Kier molecular flexibility index (Phi) is 3.69. The molecule has 2 aromatic heterocycles. The summed E-state index contributed by atoms with van der Waals surface area (Å²) in [6, 6.07) is 0. The molecule has 1 aliphatic rings. The topological polar surface area (TPSA) is 55.0 Å². The van der Waals surface area contributed by atoms with Crippen molar-refractivity contribution >= 4 is 33.7 Å². The zero-order valence-corrected chi connectivity index (χ0v) is 14.6. The van der Waals surface area contributed by atoms with Crippen LogP contribution < -0.4 is 10.6 Å². The molecule has 0 aromatic carbocycles. The van der Waals surface area contributed by atoms with E-state index in [-0.39, 0.29) is 0 Å². The molecule has 2 N–H and O–H groups in total. The van der Waals surface area contributed by atoms with Gasteiger partial charge in [-0.1, -0.05) is 20.8 Å². The minimum absolute atomic E-state index is 0.350. The lowest BCUT2D eigenvalue weighted by Crippen LogP contribution is -2.25. The molecule has 0 bridgehead atoms.